The molecule has 8 nitrogen and oxygen atoms in total. The average Bonchev–Trinajstić information content (AvgIpc) is 3.03. The lowest BCUT2D eigenvalue weighted by molar-refractivity contribution is -0.121. The summed E-state index contributed by atoms with van der Waals surface area (Å²) in [6.07, 6.45) is 2.66. The van der Waals surface area contributed by atoms with Crippen molar-refractivity contribution in [3.8, 4) is 0 Å². The molecule has 0 spiro atoms. The number of benzene rings is 1. The van der Waals surface area contributed by atoms with E-state index in [0.29, 0.717) is 32.4 Å². The van der Waals surface area contributed by atoms with Crippen molar-refractivity contribution in [3.05, 3.63) is 41.2 Å². The molecule has 1 amide bonds. The molecule has 1 N–H and O–H groups in total. The molecule has 2 aromatic heterocycles. The Morgan fingerprint density at radius 2 is 1.97 bits per heavy atom. The summed E-state index contributed by atoms with van der Waals surface area (Å²) >= 11 is 0. The van der Waals surface area contributed by atoms with Crippen LogP contribution in [-0.2, 0) is 21.2 Å². The number of aromatic nitrogens is 3. The predicted octanol–water partition coefficient (Wildman–Crippen LogP) is 1.83. The van der Waals surface area contributed by atoms with Crippen LogP contribution < -0.4 is 5.32 Å². The number of carbonyl (C=O) groups excluding carboxylic acids is 1. The first-order valence-electron chi connectivity index (χ1n) is 9.60. The Hall–Kier alpha value is -2.52. The number of amides is 1. The van der Waals surface area contributed by atoms with Gasteiger partial charge in [-0.2, -0.15) is 5.10 Å². The van der Waals surface area contributed by atoms with Gasteiger partial charge in [0.25, 0.3) is 0 Å². The van der Waals surface area contributed by atoms with Gasteiger partial charge in [0.15, 0.2) is 5.65 Å². The van der Waals surface area contributed by atoms with Crippen LogP contribution in [0.3, 0.4) is 0 Å². The number of hydrogen-bond donors (Lipinski definition) is 1. The summed E-state index contributed by atoms with van der Waals surface area (Å²) in [5.74, 6) is -0.0588. The van der Waals surface area contributed by atoms with Crippen LogP contribution in [0.2, 0.25) is 0 Å². The average molecular weight is 418 g/mol. The van der Waals surface area contributed by atoms with Gasteiger partial charge in [0.05, 0.1) is 11.8 Å². The van der Waals surface area contributed by atoms with E-state index < -0.39 is 10.0 Å². The number of sulfonamides is 1. The maximum Gasteiger partial charge on any atom is 0.220 e. The van der Waals surface area contributed by atoms with Gasteiger partial charge in [-0.1, -0.05) is 12.1 Å². The highest BCUT2D eigenvalue weighted by atomic mass is 32.2. The molecule has 0 aliphatic rings. The largest absolute Gasteiger partial charge is 0.356 e. The molecular formula is C20H27N5O3S. The van der Waals surface area contributed by atoms with Gasteiger partial charge < -0.3 is 5.32 Å². The maximum absolute atomic E-state index is 12.2. The first-order valence-corrected chi connectivity index (χ1v) is 11.4. The van der Waals surface area contributed by atoms with Crippen molar-refractivity contribution in [2.75, 3.05) is 26.4 Å². The van der Waals surface area contributed by atoms with E-state index >= 15 is 0 Å². The Morgan fingerprint density at radius 1 is 1.24 bits per heavy atom. The van der Waals surface area contributed by atoms with Crippen LogP contribution in [0, 0.1) is 13.8 Å². The summed E-state index contributed by atoms with van der Waals surface area (Å²) in [5, 5.41) is 8.51. The summed E-state index contributed by atoms with van der Waals surface area (Å²) in [7, 11) is -1.65. The molecule has 0 unspecified atom stereocenters. The summed E-state index contributed by atoms with van der Waals surface area (Å²) in [6, 6.07) is 7.91. The van der Waals surface area contributed by atoms with Crippen molar-refractivity contribution >= 4 is 32.5 Å². The predicted molar refractivity (Wildman–Crippen MR) is 113 cm³/mol. The number of rotatable bonds is 8. The molecule has 0 radical (unpaired) electrons. The molecule has 2 heterocycles. The van der Waals surface area contributed by atoms with Crippen LogP contribution >= 0.6 is 0 Å². The van der Waals surface area contributed by atoms with Crippen LogP contribution in [-0.4, -0.2) is 59.6 Å². The smallest absolute Gasteiger partial charge is 0.220 e. The molecule has 0 bridgehead atoms. The SMILES string of the molecule is Cc1nc2c3ccccc3nn2c(C)c1CCC(=O)NCCCN(C)S(C)(=O)=O. The van der Waals surface area contributed by atoms with Gasteiger partial charge >= 0.3 is 0 Å². The quantitative estimate of drug-likeness (QED) is 0.564. The lowest BCUT2D eigenvalue weighted by atomic mass is 10.1. The number of carbonyl (C=O) groups is 1. The number of nitrogens with zero attached hydrogens (tertiary/aromatic N) is 4. The molecule has 156 valence electrons. The first-order chi connectivity index (χ1) is 13.7. The highest BCUT2D eigenvalue weighted by molar-refractivity contribution is 7.88. The van der Waals surface area contributed by atoms with Crippen molar-refractivity contribution in [1.82, 2.24) is 24.2 Å². The second kappa shape index (κ2) is 8.46. The number of nitrogens with one attached hydrogen (secondary N) is 1. The van der Waals surface area contributed by atoms with E-state index in [2.05, 4.69) is 10.4 Å². The minimum absolute atomic E-state index is 0.0588. The van der Waals surface area contributed by atoms with Crippen molar-refractivity contribution in [2.24, 2.45) is 0 Å². The topological polar surface area (TPSA) is 96.7 Å². The van der Waals surface area contributed by atoms with E-state index in [1.54, 1.807) is 0 Å². The highest BCUT2D eigenvalue weighted by Crippen LogP contribution is 2.22. The molecule has 0 saturated heterocycles. The van der Waals surface area contributed by atoms with Crippen molar-refractivity contribution in [1.29, 1.82) is 0 Å². The standard InChI is InChI=1S/C20H27N5O3S/c1-14-16(10-11-19(26)21-12-7-13-24(3)29(4,27)28)15(2)25-20(22-14)17-8-5-6-9-18(17)23-25/h5-6,8-9H,7,10-13H2,1-4H3,(H,21,26). The first kappa shape index (κ1) is 21.2. The van der Waals surface area contributed by atoms with Gasteiger partial charge in [0.2, 0.25) is 15.9 Å². The molecule has 9 heteroatoms. The molecule has 0 fully saturated rings. The molecule has 0 aliphatic heterocycles. The van der Waals surface area contributed by atoms with Gasteiger partial charge in [0, 0.05) is 43.3 Å². The molecule has 29 heavy (non-hydrogen) atoms. The third-order valence-electron chi connectivity index (χ3n) is 5.16. The zero-order chi connectivity index (χ0) is 21.2. The second-order valence-corrected chi connectivity index (χ2v) is 9.39. The fraction of sp³-hybridized carbons (Fsp3) is 0.450. The lowest BCUT2D eigenvalue weighted by Gasteiger charge is -2.14. The molecule has 0 aliphatic carbocycles. The van der Waals surface area contributed by atoms with Gasteiger partial charge in [-0.15, -0.1) is 0 Å². The van der Waals surface area contributed by atoms with Gasteiger partial charge in [0.1, 0.15) is 0 Å². The minimum atomic E-state index is -3.18. The Morgan fingerprint density at radius 3 is 2.69 bits per heavy atom. The van der Waals surface area contributed by atoms with Crippen LogP contribution in [0.5, 0.6) is 0 Å². The Balaban J connectivity index is 1.62. The van der Waals surface area contributed by atoms with Crippen LogP contribution in [0.25, 0.3) is 16.6 Å². The van der Waals surface area contributed by atoms with E-state index in [-0.39, 0.29) is 5.91 Å². The number of hydrogen-bond acceptors (Lipinski definition) is 5. The van der Waals surface area contributed by atoms with E-state index in [9.17, 15) is 13.2 Å². The molecule has 3 rings (SSSR count). The molecule has 0 saturated carbocycles. The van der Waals surface area contributed by atoms with E-state index in [4.69, 9.17) is 4.98 Å². The normalized spacial score (nSPS) is 12.2. The fourth-order valence-corrected chi connectivity index (χ4v) is 3.82. The molecular weight excluding hydrogens is 390 g/mol. The van der Waals surface area contributed by atoms with Gasteiger partial charge in [-0.25, -0.2) is 22.2 Å². The van der Waals surface area contributed by atoms with E-state index in [1.165, 1.54) is 17.6 Å². The van der Waals surface area contributed by atoms with Gasteiger partial charge in [-0.3, -0.25) is 4.79 Å². The summed E-state index contributed by atoms with van der Waals surface area (Å²) < 4.78 is 25.8. The highest BCUT2D eigenvalue weighted by Gasteiger charge is 2.15. The third kappa shape index (κ3) is 4.73. The number of fused-ring (bicyclic) bond motifs is 3. The van der Waals surface area contributed by atoms with Crippen molar-refractivity contribution in [3.63, 3.8) is 0 Å². The molecule has 1 aromatic carbocycles. The summed E-state index contributed by atoms with van der Waals surface area (Å²) in [5.41, 5.74) is 4.65. The second-order valence-electron chi connectivity index (χ2n) is 7.30. The van der Waals surface area contributed by atoms with Crippen molar-refractivity contribution in [2.45, 2.75) is 33.1 Å². The Bertz CT molecular complexity index is 1150. The lowest BCUT2D eigenvalue weighted by Crippen LogP contribution is -2.31. The van der Waals surface area contributed by atoms with E-state index in [1.807, 2.05) is 42.6 Å². The number of aryl methyl sites for hydroxylation is 2. The van der Waals surface area contributed by atoms with Crippen LogP contribution in [0.1, 0.15) is 29.8 Å². The summed E-state index contributed by atoms with van der Waals surface area (Å²) in [6.45, 7) is 4.79. The van der Waals surface area contributed by atoms with Crippen LogP contribution in [0.4, 0.5) is 0 Å². The third-order valence-corrected chi connectivity index (χ3v) is 6.47. The van der Waals surface area contributed by atoms with Crippen LogP contribution in [0.15, 0.2) is 24.3 Å². The minimum Gasteiger partial charge on any atom is -0.356 e. The van der Waals surface area contributed by atoms with Gasteiger partial charge in [-0.05, 0) is 44.4 Å². The monoisotopic (exact) mass is 417 g/mol. The Labute approximate surface area is 171 Å². The fourth-order valence-electron chi connectivity index (χ4n) is 3.36. The zero-order valence-electron chi connectivity index (χ0n) is 17.3. The Kier molecular flexibility index (Phi) is 6.18. The van der Waals surface area contributed by atoms with Crippen molar-refractivity contribution < 1.29 is 13.2 Å². The summed E-state index contributed by atoms with van der Waals surface area (Å²) in [4.78, 5) is 16.9. The maximum atomic E-state index is 12.2. The van der Waals surface area contributed by atoms with E-state index in [0.717, 1.165) is 33.5 Å². The molecule has 3 aromatic rings. The zero-order valence-corrected chi connectivity index (χ0v) is 18.1. The molecule has 0 atom stereocenters.